The molecule has 1 rings (SSSR count). The zero-order chi connectivity index (χ0) is 9.73. The number of nitrogens with one attached hydrogen (secondary N) is 2. The highest BCUT2D eigenvalue weighted by Crippen LogP contribution is 2.03. The number of hydrogen-bond donors (Lipinski definition) is 4. The van der Waals surface area contributed by atoms with Gasteiger partial charge in [-0.05, 0) is 18.6 Å². The second-order valence-corrected chi connectivity index (χ2v) is 3.45. The van der Waals surface area contributed by atoms with Gasteiger partial charge in [-0.2, -0.15) is 0 Å². The van der Waals surface area contributed by atoms with E-state index in [1.165, 1.54) is 0 Å². The van der Waals surface area contributed by atoms with Crippen LogP contribution in [0.25, 0.3) is 0 Å². The fourth-order valence-electron chi connectivity index (χ4n) is 0.946. The molecule has 4 nitrogen and oxygen atoms in total. The van der Waals surface area contributed by atoms with Gasteiger partial charge in [0.25, 0.3) is 0 Å². The SMILES string of the molecule is CC(CO)(CO)NCc1cc[nH]c1. The highest BCUT2D eigenvalue weighted by Gasteiger charge is 2.20. The average molecular weight is 184 g/mol. The van der Waals surface area contributed by atoms with Crippen molar-refractivity contribution in [1.82, 2.24) is 10.3 Å². The number of aliphatic hydroxyl groups is 2. The van der Waals surface area contributed by atoms with E-state index in [4.69, 9.17) is 10.2 Å². The number of aromatic nitrogens is 1. The van der Waals surface area contributed by atoms with Crippen molar-refractivity contribution in [3.05, 3.63) is 24.0 Å². The Balaban J connectivity index is 2.41. The van der Waals surface area contributed by atoms with Gasteiger partial charge < -0.3 is 20.5 Å². The van der Waals surface area contributed by atoms with Crippen molar-refractivity contribution in [3.8, 4) is 0 Å². The predicted octanol–water partition coefficient (Wildman–Crippen LogP) is -0.152. The van der Waals surface area contributed by atoms with Crippen molar-refractivity contribution in [1.29, 1.82) is 0 Å². The Hall–Kier alpha value is -0.840. The number of hydrogen-bond acceptors (Lipinski definition) is 3. The molecule has 0 atom stereocenters. The van der Waals surface area contributed by atoms with E-state index in [1.54, 1.807) is 6.92 Å². The molecule has 0 bridgehead atoms. The molecule has 0 aliphatic heterocycles. The average Bonchev–Trinajstić information content (AvgIpc) is 2.67. The van der Waals surface area contributed by atoms with Gasteiger partial charge in [0.2, 0.25) is 0 Å². The first-order chi connectivity index (χ1) is 6.20. The van der Waals surface area contributed by atoms with Gasteiger partial charge in [0.15, 0.2) is 0 Å². The Morgan fingerprint density at radius 2 is 2.15 bits per heavy atom. The van der Waals surface area contributed by atoms with Crippen molar-refractivity contribution in [3.63, 3.8) is 0 Å². The lowest BCUT2D eigenvalue weighted by atomic mass is 10.1. The maximum atomic E-state index is 8.98. The summed E-state index contributed by atoms with van der Waals surface area (Å²) in [7, 11) is 0. The van der Waals surface area contributed by atoms with E-state index in [-0.39, 0.29) is 13.2 Å². The summed E-state index contributed by atoms with van der Waals surface area (Å²) >= 11 is 0. The number of rotatable bonds is 5. The molecule has 0 spiro atoms. The second-order valence-electron chi connectivity index (χ2n) is 3.45. The fraction of sp³-hybridized carbons (Fsp3) is 0.556. The Morgan fingerprint density at radius 3 is 2.62 bits per heavy atom. The molecule has 0 aliphatic carbocycles. The van der Waals surface area contributed by atoms with Crippen LogP contribution in [-0.2, 0) is 6.54 Å². The van der Waals surface area contributed by atoms with Gasteiger partial charge >= 0.3 is 0 Å². The first-order valence-electron chi connectivity index (χ1n) is 4.28. The molecule has 4 N–H and O–H groups in total. The van der Waals surface area contributed by atoms with Crippen LogP contribution in [0.15, 0.2) is 18.5 Å². The molecule has 0 saturated carbocycles. The second kappa shape index (κ2) is 4.41. The van der Waals surface area contributed by atoms with Gasteiger partial charge in [-0.25, -0.2) is 0 Å². The van der Waals surface area contributed by atoms with E-state index in [9.17, 15) is 0 Å². The largest absolute Gasteiger partial charge is 0.394 e. The Morgan fingerprint density at radius 1 is 1.46 bits per heavy atom. The van der Waals surface area contributed by atoms with Crippen LogP contribution < -0.4 is 5.32 Å². The Bertz CT molecular complexity index is 230. The lowest BCUT2D eigenvalue weighted by Gasteiger charge is -2.25. The van der Waals surface area contributed by atoms with E-state index in [0.29, 0.717) is 6.54 Å². The molecule has 1 aromatic rings. The number of aromatic amines is 1. The fourth-order valence-corrected chi connectivity index (χ4v) is 0.946. The topological polar surface area (TPSA) is 68.3 Å². The maximum absolute atomic E-state index is 8.98. The molecule has 0 unspecified atom stereocenters. The quantitative estimate of drug-likeness (QED) is 0.514. The minimum absolute atomic E-state index is 0.0755. The zero-order valence-corrected chi connectivity index (χ0v) is 7.75. The summed E-state index contributed by atoms with van der Waals surface area (Å²) in [6.45, 7) is 2.27. The van der Waals surface area contributed by atoms with Crippen molar-refractivity contribution >= 4 is 0 Å². The van der Waals surface area contributed by atoms with E-state index in [1.807, 2.05) is 18.5 Å². The first-order valence-corrected chi connectivity index (χ1v) is 4.28. The third-order valence-corrected chi connectivity index (χ3v) is 2.08. The number of H-pyrrole nitrogens is 1. The van der Waals surface area contributed by atoms with Crippen LogP contribution >= 0.6 is 0 Å². The van der Waals surface area contributed by atoms with Crippen molar-refractivity contribution in [2.24, 2.45) is 0 Å². The van der Waals surface area contributed by atoms with Crippen LogP contribution in [0.1, 0.15) is 12.5 Å². The molecule has 0 amide bonds. The third kappa shape index (κ3) is 2.84. The molecule has 0 saturated heterocycles. The van der Waals surface area contributed by atoms with Crippen LogP contribution in [0.2, 0.25) is 0 Å². The standard InChI is InChI=1S/C9H16N2O2/c1-9(6-12,7-13)11-5-8-2-3-10-4-8/h2-4,10-13H,5-7H2,1H3. The van der Waals surface area contributed by atoms with Gasteiger partial charge in [0, 0.05) is 18.9 Å². The summed E-state index contributed by atoms with van der Waals surface area (Å²) < 4.78 is 0. The van der Waals surface area contributed by atoms with Crippen LogP contribution in [0.5, 0.6) is 0 Å². The van der Waals surface area contributed by atoms with Crippen molar-refractivity contribution in [2.75, 3.05) is 13.2 Å². The highest BCUT2D eigenvalue weighted by molar-refractivity contribution is 5.08. The van der Waals surface area contributed by atoms with Crippen LogP contribution in [-0.4, -0.2) is 33.9 Å². The molecule has 1 heterocycles. The maximum Gasteiger partial charge on any atom is 0.0633 e. The van der Waals surface area contributed by atoms with Crippen LogP contribution in [0.4, 0.5) is 0 Å². The van der Waals surface area contributed by atoms with Gasteiger partial charge in [-0.1, -0.05) is 0 Å². The molecule has 74 valence electrons. The minimum Gasteiger partial charge on any atom is -0.394 e. The predicted molar refractivity (Wildman–Crippen MR) is 50.2 cm³/mol. The van der Waals surface area contributed by atoms with E-state index in [0.717, 1.165) is 5.56 Å². The van der Waals surface area contributed by atoms with Gasteiger partial charge in [-0.15, -0.1) is 0 Å². The molecule has 0 aliphatic rings. The molecular formula is C9H16N2O2. The summed E-state index contributed by atoms with van der Waals surface area (Å²) in [5, 5.41) is 21.0. The molecule has 13 heavy (non-hydrogen) atoms. The van der Waals surface area contributed by atoms with Crippen molar-refractivity contribution in [2.45, 2.75) is 19.0 Å². The Kier molecular flexibility index (Phi) is 3.48. The minimum atomic E-state index is -0.600. The monoisotopic (exact) mass is 184 g/mol. The summed E-state index contributed by atoms with van der Waals surface area (Å²) in [6, 6.07) is 1.95. The van der Waals surface area contributed by atoms with E-state index < -0.39 is 5.54 Å². The lowest BCUT2D eigenvalue weighted by molar-refractivity contribution is 0.103. The van der Waals surface area contributed by atoms with E-state index >= 15 is 0 Å². The summed E-state index contributed by atoms with van der Waals surface area (Å²) in [6.07, 6.45) is 3.72. The van der Waals surface area contributed by atoms with Crippen molar-refractivity contribution < 1.29 is 10.2 Å². The molecule has 0 aromatic carbocycles. The lowest BCUT2D eigenvalue weighted by Crippen LogP contribution is -2.48. The third-order valence-electron chi connectivity index (χ3n) is 2.08. The molecule has 0 fully saturated rings. The molecule has 0 radical (unpaired) electrons. The van der Waals surface area contributed by atoms with Crippen LogP contribution in [0, 0.1) is 0 Å². The van der Waals surface area contributed by atoms with Crippen LogP contribution in [0.3, 0.4) is 0 Å². The van der Waals surface area contributed by atoms with Gasteiger partial charge in [0.05, 0.1) is 18.8 Å². The summed E-state index contributed by atoms with van der Waals surface area (Å²) in [4.78, 5) is 2.94. The highest BCUT2D eigenvalue weighted by atomic mass is 16.3. The van der Waals surface area contributed by atoms with Gasteiger partial charge in [-0.3, -0.25) is 0 Å². The first kappa shape index (κ1) is 10.2. The molecule has 1 aromatic heterocycles. The molecular weight excluding hydrogens is 168 g/mol. The molecule has 4 heteroatoms. The summed E-state index contributed by atoms with van der Waals surface area (Å²) in [5.41, 5.74) is 0.505. The summed E-state index contributed by atoms with van der Waals surface area (Å²) in [5.74, 6) is 0. The number of aliphatic hydroxyl groups excluding tert-OH is 2. The van der Waals surface area contributed by atoms with E-state index in [2.05, 4.69) is 10.3 Å². The zero-order valence-electron chi connectivity index (χ0n) is 7.75. The normalized spacial score (nSPS) is 11.9. The smallest absolute Gasteiger partial charge is 0.0633 e. The Labute approximate surface area is 77.6 Å². The van der Waals surface area contributed by atoms with Gasteiger partial charge in [0.1, 0.15) is 0 Å².